The maximum atomic E-state index is 10.9. The van der Waals surface area contributed by atoms with Crippen LogP contribution in [-0.4, -0.2) is 32.3 Å². The Labute approximate surface area is 85.8 Å². The highest BCUT2D eigenvalue weighted by molar-refractivity contribution is 6.84. The number of rotatable bonds is 4. The molecule has 0 rings (SSSR count). The summed E-state index contributed by atoms with van der Waals surface area (Å²) in [6, 6.07) is 0. The van der Waals surface area contributed by atoms with E-state index in [9.17, 15) is 4.79 Å². The number of hydrogen-bond donors (Lipinski definition) is 1. The fourth-order valence-corrected chi connectivity index (χ4v) is 1.45. The molecule has 0 aliphatic rings. The molecule has 78 valence electrons. The van der Waals surface area contributed by atoms with Gasteiger partial charge in [-0.2, -0.15) is 0 Å². The van der Waals surface area contributed by atoms with Gasteiger partial charge in [0, 0.05) is 11.5 Å². The first-order chi connectivity index (χ1) is 5.88. The minimum atomic E-state index is -1.36. The lowest BCUT2D eigenvalue weighted by molar-refractivity contribution is 0.152. The first-order valence-corrected chi connectivity index (χ1v) is 8.44. The first-order valence-electron chi connectivity index (χ1n) is 4.42. The maximum Gasteiger partial charge on any atom is 0.407 e. The molecule has 0 fully saturated rings. The summed E-state index contributed by atoms with van der Waals surface area (Å²) in [7, 11) is -1.36. The SMILES string of the molecule is CCOC(=O)NC[C@H](Cl)[Si](C)(C)C. The van der Waals surface area contributed by atoms with Gasteiger partial charge in [-0.25, -0.2) is 4.79 Å². The Kier molecular flexibility index (Phi) is 5.40. The topological polar surface area (TPSA) is 38.3 Å². The van der Waals surface area contributed by atoms with Crippen molar-refractivity contribution in [1.82, 2.24) is 5.32 Å². The van der Waals surface area contributed by atoms with E-state index in [1.54, 1.807) is 6.92 Å². The molecule has 1 atom stereocenters. The second-order valence-electron chi connectivity index (χ2n) is 3.93. The third-order valence-corrected chi connectivity index (χ3v) is 5.84. The van der Waals surface area contributed by atoms with Gasteiger partial charge in [-0.05, 0) is 6.92 Å². The van der Waals surface area contributed by atoms with E-state index in [2.05, 4.69) is 25.0 Å². The minimum absolute atomic E-state index is 0.0527. The number of carbonyl (C=O) groups is 1. The van der Waals surface area contributed by atoms with Crippen molar-refractivity contribution in [1.29, 1.82) is 0 Å². The van der Waals surface area contributed by atoms with E-state index in [1.165, 1.54) is 0 Å². The summed E-state index contributed by atoms with van der Waals surface area (Å²) in [6.07, 6.45) is -0.383. The van der Waals surface area contributed by atoms with Crippen molar-refractivity contribution in [2.24, 2.45) is 0 Å². The molecule has 0 spiro atoms. The first kappa shape index (κ1) is 12.8. The van der Waals surface area contributed by atoms with Crippen molar-refractivity contribution in [3.63, 3.8) is 0 Å². The molecule has 13 heavy (non-hydrogen) atoms. The zero-order valence-corrected chi connectivity index (χ0v) is 10.4. The van der Waals surface area contributed by atoms with Crippen LogP contribution in [0.2, 0.25) is 19.6 Å². The fraction of sp³-hybridized carbons (Fsp3) is 0.875. The Hall–Kier alpha value is -0.223. The van der Waals surface area contributed by atoms with E-state index in [4.69, 9.17) is 16.3 Å². The zero-order valence-electron chi connectivity index (χ0n) is 8.69. The van der Waals surface area contributed by atoms with Crippen molar-refractivity contribution in [2.75, 3.05) is 13.2 Å². The Morgan fingerprint density at radius 2 is 2.08 bits per heavy atom. The van der Waals surface area contributed by atoms with Crippen LogP contribution in [0.5, 0.6) is 0 Å². The Morgan fingerprint density at radius 1 is 1.54 bits per heavy atom. The third-order valence-electron chi connectivity index (χ3n) is 1.64. The second-order valence-corrected chi connectivity index (χ2v) is 10.3. The summed E-state index contributed by atoms with van der Waals surface area (Å²) in [5.41, 5.74) is 0. The molecular formula is C8H18ClNO2Si. The van der Waals surface area contributed by atoms with E-state index in [0.717, 1.165) is 0 Å². The summed E-state index contributed by atoms with van der Waals surface area (Å²) in [4.78, 5) is 10.9. The molecule has 3 nitrogen and oxygen atoms in total. The van der Waals surface area contributed by atoms with Gasteiger partial charge in [0.05, 0.1) is 14.7 Å². The molecule has 0 heterocycles. The maximum absolute atomic E-state index is 10.9. The highest BCUT2D eigenvalue weighted by Gasteiger charge is 2.24. The normalized spacial score (nSPS) is 13.6. The number of alkyl halides is 1. The zero-order chi connectivity index (χ0) is 10.5. The monoisotopic (exact) mass is 223 g/mol. The second kappa shape index (κ2) is 5.50. The molecule has 5 heteroatoms. The molecular weight excluding hydrogens is 206 g/mol. The van der Waals surface area contributed by atoms with Gasteiger partial charge in [0.2, 0.25) is 0 Å². The van der Waals surface area contributed by atoms with Crippen LogP contribution < -0.4 is 5.32 Å². The van der Waals surface area contributed by atoms with Crippen LogP contribution in [0.4, 0.5) is 4.79 Å². The molecule has 1 N–H and O–H groups in total. The lowest BCUT2D eigenvalue weighted by Crippen LogP contribution is -2.43. The van der Waals surface area contributed by atoms with Crippen LogP contribution in [0.3, 0.4) is 0 Å². The van der Waals surface area contributed by atoms with Crippen LogP contribution in [0.1, 0.15) is 6.92 Å². The number of carbonyl (C=O) groups excluding carboxylic acids is 1. The van der Waals surface area contributed by atoms with Gasteiger partial charge in [0.15, 0.2) is 0 Å². The number of alkyl carbamates (subject to hydrolysis) is 1. The largest absolute Gasteiger partial charge is 0.450 e. The van der Waals surface area contributed by atoms with Crippen LogP contribution in [0, 0.1) is 0 Å². The third kappa shape index (κ3) is 5.93. The molecule has 0 aromatic carbocycles. The van der Waals surface area contributed by atoms with Gasteiger partial charge in [-0.15, -0.1) is 11.6 Å². The van der Waals surface area contributed by atoms with Gasteiger partial charge < -0.3 is 10.1 Å². The van der Waals surface area contributed by atoms with E-state index in [1.807, 2.05) is 0 Å². The summed E-state index contributed by atoms with van der Waals surface area (Å²) < 4.78 is 4.71. The summed E-state index contributed by atoms with van der Waals surface area (Å²) in [5, 5.41) is 2.68. The average molecular weight is 224 g/mol. The van der Waals surface area contributed by atoms with Crippen LogP contribution in [0.15, 0.2) is 0 Å². The van der Waals surface area contributed by atoms with Crippen LogP contribution in [-0.2, 0) is 4.74 Å². The van der Waals surface area contributed by atoms with E-state index in [0.29, 0.717) is 13.2 Å². The van der Waals surface area contributed by atoms with Crippen molar-refractivity contribution in [3.05, 3.63) is 0 Å². The average Bonchev–Trinajstić information content (AvgIpc) is 1.99. The summed E-state index contributed by atoms with van der Waals surface area (Å²) in [5.74, 6) is 0. The lowest BCUT2D eigenvalue weighted by atomic mass is 10.7. The smallest absolute Gasteiger partial charge is 0.407 e. The fourth-order valence-electron chi connectivity index (χ4n) is 0.661. The Bertz CT molecular complexity index is 170. The van der Waals surface area contributed by atoms with Gasteiger partial charge in [0.25, 0.3) is 0 Å². The van der Waals surface area contributed by atoms with Crippen molar-refractivity contribution < 1.29 is 9.53 Å². The Balaban J connectivity index is 3.70. The van der Waals surface area contributed by atoms with Gasteiger partial charge in [-0.3, -0.25) is 0 Å². The van der Waals surface area contributed by atoms with Crippen LogP contribution >= 0.6 is 11.6 Å². The Morgan fingerprint density at radius 3 is 2.46 bits per heavy atom. The van der Waals surface area contributed by atoms with Gasteiger partial charge in [0.1, 0.15) is 0 Å². The number of halogens is 1. The van der Waals surface area contributed by atoms with Crippen LogP contribution in [0.25, 0.3) is 0 Å². The molecule has 0 unspecified atom stereocenters. The minimum Gasteiger partial charge on any atom is -0.450 e. The summed E-state index contributed by atoms with van der Waals surface area (Å²) in [6.45, 7) is 9.16. The molecule has 0 saturated carbocycles. The molecule has 0 radical (unpaired) electrons. The summed E-state index contributed by atoms with van der Waals surface area (Å²) >= 11 is 6.09. The number of ether oxygens (including phenoxy) is 1. The van der Waals surface area contributed by atoms with Gasteiger partial charge in [-0.1, -0.05) is 19.6 Å². The highest BCUT2D eigenvalue weighted by atomic mass is 35.5. The standard InChI is InChI=1S/C8H18ClNO2Si/c1-5-12-8(11)10-6-7(9)13(2,3)4/h7H,5-6H2,1-4H3,(H,10,11)/t7-/m1/s1. The van der Waals surface area contributed by atoms with E-state index in [-0.39, 0.29) is 11.1 Å². The van der Waals surface area contributed by atoms with Crippen molar-refractivity contribution >= 4 is 25.8 Å². The predicted octanol–water partition coefficient (Wildman–Crippen LogP) is 2.22. The molecule has 1 amide bonds. The highest BCUT2D eigenvalue weighted by Crippen LogP contribution is 2.12. The van der Waals surface area contributed by atoms with Crippen molar-refractivity contribution in [2.45, 2.75) is 31.6 Å². The molecule has 0 aromatic heterocycles. The number of hydrogen-bond acceptors (Lipinski definition) is 2. The lowest BCUT2D eigenvalue weighted by Gasteiger charge is -2.22. The van der Waals surface area contributed by atoms with E-state index < -0.39 is 8.07 Å². The molecule has 0 saturated heterocycles. The van der Waals surface area contributed by atoms with Crippen molar-refractivity contribution in [3.8, 4) is 0 Å². The predicted molar refractivity (Wildman–Crippen MR) is 58.0 cm³/mol. The molecule has 0 aliphatic heterocycles. The molecule has 0 aromatic rings. The van der Waals surface area contributed by atoms with Gasteiger partial charge >= 0.3 is 6.09 Å². The number of amides is 1. The molecule has 0 aliphatic carbocycles. The number of nitrogens with one attached hydrogen (secondary N) is 1. The molecule has 0 bridgehead atoms. The quantitative estimate of drug-likeness (QED) is 0.586. The van der Waals surface area contributed by atoms with E-state index >= 15 is 0 Å².